The topological polar surface area (TPSA) is 59.4 Å². The largest absolute Gasteiger partial charge is 0.477 e. The number of hydrogen-bond acceptors (Lipinski definition) is 3. The quantitative estimate of drug-likeness (QED) is 0.907. The highest BCUT2D eigenvalue weighted by atomic mass is 16.5. The first-order valence-corrected chi connectivity index (χ1v) is 6.03. The number of benzene rings is 1. The molecular weight excluding hydrogens is 242 g/mol. The van der Waals surface area contributed by atoms with Crippen LogP contribution in [-0.2, 0) is 0 Å². The van der Waals surface area contributed by atoms with Gasteiger partial charge in [0, 0.05) is 18.5 Å². The van der Waals surface area contributed by atoms with Gasteiger partial charge in [0.2, 0.25) is 0 Å². The lowest BCUT2D eigenvalue weighted by molar-refractivity contribution is 0.0693. The second-order valence-corrected chi connectivity index (χ2v) is 4.51. The normalized spacial score (nSPS) is 10.5. The van der Waals surface area contributed by atoms with Crippen molar-refractivity contribution >= 4 is 5.97 Å². The van der Waals surface area contributed by atoms with Crippen LogP contribution in [0.1, 0.15) is 35.7 Å². The number of pyridine rings is 1. The SMILES string of the molecule is CC(C)c1cccc(Oc2ccncc2C(=O)O)c1. The third-order valence-corrected chi connectivity index (χ3v) is 2.76. The second-order valence-electron chi connectivity index (χ2n) is 4.51. The molecule has 0 radical (unpaired) electrons. The Hall–Kier alpha value is -2.36. The lowest BCUT2D eigenvalue weighted by Gasteiger charge is -2.11. The average molecular weight is 257 g/mol. The summed E-state index contributed by atoms with van der Waals surface area (Å²) in [5, 5.41) is 9.07. The molecule has 0 aliphatic heterocycles. The molecule has 4 heteroatoms. The first kappa shape index (κ1) is 13.1. The highest BCUT2D eigenvalue weighted by molar-refractivity contribution is 5.90. The van der Waals surface area contributed by atoms with Gasteiger partial charge in [0.1, 0.15) is 17.1 Å². The summed E-state index contributed by atoms with van der Waals surface area (Å²) in [5.41, 5.74) is 1.20. The molecule has 1 aromatic heterocycles. The van der Waals surface area contributed by atoms with Crippen LogP contribution in [0, 0.1) is 0 Å². The first-order valence-electron chi connectivity index (χ1n) is 6.03. The van der Waals surface area contributed by atoms with E-state index in [2.05, 4.69) is 18.8 Å². The van der Waals surface area contributed by atoms with Crippen molar-refractivity contribution in [2.75, 3.05) is 0 Å². The van der Waals surface area contributed by atoms with Gasteiger partial charge in [-0.1, -0.05) is 26.0 Å². The number of ether oxygens (including phenoxy) is 1. The van der Waals surface area contributed by atoms with E-state index in [0.717, 1.165) is 5.56 Å². The molecule has 1 heterocycles. The van der Waals surface area contributed by atoms with Crippen LogP contribution in [0.15, 0.2) is 42.7 Å². The van der Waals surface area contributed by atoms with Crippen molar-refractivity contribution in [3.63, 3.8) is 0 Å². The maximum atomic E-state index is 11.1. The van der Waals surface area contributed by atoms with Crippen molar-refractivity contribution in [3.8, 4) is 11.5 Å². The predicted octanol–water partition coefficient (Wildman–Crippen LogP) is 3.70. The fraction of sp³-hybridized carbons (Fsp3) is 0.200. The summed E-state index contributed by atoms with van der Waals surface area (Å²) < 4.78 is 5.64. The number of carbonyl (C=O) groups is 1. The Bertz CT molecular complexity index is 593. The monoisotopic (exact) mass is 257 g/mol. The van der Waals surface area contributed by atoms with Gasteiger partial charge >= 0.3 is 5.97 Å². The van der Waals surface area contributed by atoms with E-state index < -0.39 is 5.97 Å². The molecule has 0 amide bonds. The molecule has 0 saturated heterocycles. The van der Waals surface area contributed by atoms with E-state index >= 15 is 0 Å². The molecule has 0 aliphatic carbocycles. The Balaban J connectivity index is 2.31. The van der Waals surface area contributed by atoms with E-state index in [9.17, 15) is 4.79 Å². The van der Waals surface area contributed by atoms with Crippen LogP contribution in [0.2, 0.25) is 0 Å². The Kier molecular flexibility index (Phi) is 3.80. The molecule has 2 aromatic rings. The van der Waals surface area contributed by atoms with Crippen molar-refractivity contribution in [3.05, 3.63) is 53.9 Å². The zero-order chi connectivity index (χ0) is 13.8. The maximum absolute atomic E-state index is 11.1. The van der Waals surface area contributed by atoms with E-state index in [1.807, 2.05) is 18.2 Å². The molecule has 19 heavy (non-hydrogen) atoms. The average Bonchev–Trinajstić information content (AvgIpc) is 2.39. The first-order chi connectivity index (χ1) is 9.08. The molecule has 0 aliphatic rings. The van der Waals surface area contributed by atoms with Gasteiger partial charge in [-0.3, -0.25) is 4.98 Å². The van der Waals surface area contributed by atoms with Crippen LogP contribution in [-0.4, -0.2) is 16.1 Å². The Morgan fingerprint density at radius 2 is 2.11 bits per heavy atom. The minimum Gasteiger partial charge on any atom is -0.477 e. The highest BCUT2D eigenvalue weighted by Gasteiger charge is 2.12. The molecule has 0 saturated carbocycles. The number of aromatic nitrogens is 1. The zero-order valence-electron chi connectivity index (χ0n) is 10.8. The maximum Gasteiger partial charge on any atom is 0.341 e. The van der Waals surface area contributed by atoms with E-state index in [1.165, 1.54) is 12.4 Å². The zero-order valence-corrected chi connectivity index (χ0v) is 10.8. The summed E-state index contributed by atoms with van der Waals surface area (Å²) in [6, 6.07) is 9.18. The summed E-state index contributed by atoms with van der Waals surface area (Å²) in [4.78, 5) is 14.9. The van der Waals surface area contributed by atoms with Gasteiger partial charge < -0.3 is 9.84 Å². The van der Waals surface area contributed by atoms with Crippen molar-refractivity contribution in [1.82, 2.24) is 4.98 Å². The van der Waals surface area contributed by atoms with Crippen LogP contribution in [0.3, 0.4) is 0 Å². The fourth-order valence-corrected chi connectivity index (χ4v) is 1.70. The van der Waals surface area contributed by atoms with Gasteiger partial charge in [0.15, 0.2) is 0 Å². The Labute approximate surface area is 111 Å². The summed E-state index contributed by atoms with van der Waals surface area (Å²) in [7, 11) is 0. The van der Waals surface area contributed by atoms with Gasteiger partial charge in [0.05, 0.1) is 0 Å². The number of carboxylic acids is 1. The minimum absolute atomic E-state index is 0.0532. The number of carboxylic acid groups (broad SMARTS) is 1. The molecule has 4 nitrogen and oxygen atoms in total. The number of aromatic carboxylic acids is 1. The van der Waals surface area contributed by atoms with Gasteiger partial charge in [0.25, 0.3) is 0 Å². The van der Waals surface area contributed by atoms with Crippen LogP contribution >= 0.6 is 0 Å². The molecule has 0 bridgehead atoms. The predicted molar refractivity (Wildman–Crippen MR) is 71.8 cm³/mol. The van der Waals surface area contributed by atoms with Crippen LogP contribution < -0.4 is 4.74 Å². The molecule has 0 unspecified atom stereocenters. The third kappa shape index (κ3) is 3.10. The molecule has 2 rings (SSSR count). The summed E-state index contributed by atoms with van der Waals surface area (Å²) >= 11 is 0. The Morgan fingerprint density at radius 3 is 2.79 bits per heavy atom. The van der Waals surface area contributed by atoms with Gasteiger partial charge in [-0.25, -0.2) is 4.79 Å². The molecule has 1 aromatic carbocycles. The minimum atomic E-state index is -1.05. The number of nitrogens with zero attached hydrogens (tertiary/aromatic N) is 1. The third-order valence-electron chi connectivity index (χ3n) is 2.76. The van der Waals surface area contributed by atoms with Crippen molar-refractivity contribution in [2.24, 2.45) is 0 Å². The molecule has 0 spiro atoms. The molecule has 0 atom stereocenters. The number of rotatable bonds is 4. The van der Waals surface area contributed by atoms with Crippen LogP contribution in [0.25, 0.3) is 0 Å². The van der Waals surface area contributed by atoms with Crippen LogP contribution in [0.5, 0.6) is 11.5 Å². The lowest BCUT2D eigenvalue weighted by Crippen LogP contribution is -2.00. The summed E-state index contributed by atoms with van der Waals surface area (Å²) in [6.45, 7) is 4.18. The standard InChI is InChI=1S/C15H15NO3/c1-10(2)11-4-3-5-12(8-11)19-14-6-7-16-9-13(14)15(17)18/h3-10H,1-2H3,(H,17,18). The molecule has 0 fully saturated rings. The highest BCUT2D eigenvalue weighted by Crippen LogP contribution is 2.27. The van der Waals surface area contributed by atoms with E-state index in [0.29, 0.717) is 17.4 Å². The molecule has 1 N–H and O–H groups in total. The van der Waals surface area contributed by atoms with Gasteiger partial charge in [-0.2, -0.15) is 0 Å². The van der Waals surface area contributed by atoms with Gasteiger partial charge in [-0.05, 0) is 23.6 Å². The summed E-state index contributed by atoms with van der Waals surface area (Å²) in [5.74, 6) is 0.256. The van der Waals surface area contributed by atoms with Crippen molar-refractivity contribution < 1.29 is 14.6 Å². The van der Waals surface area contributed by atoms with E-state index in [4.69, 9.17) is 9.84 Å². The van der Waals surface area contributed by atoms with E-state index in [1.54, 1.807) is 12.1 Å². The molecular formula is C15H15NO3. The Morgan fingerprint density at radius 1 is 1.32 bits per heavy atom. The fourth-order valence-electron chi connectivity index (χ4n) is 1.70. The molecule has 98 valence electrons. The van der Waals surface area contributed by atoms with Crippen molar-refractivity contribution in [2.45, 2.75) is 19.8 Å². The van der Waals surface area contributed by atoms with Gasteiger partial charge in [-0.15, -0.1) is 0 Å². The second kappa shape index (κ2) is 5.52. The lowest BCUT2D eigenvalue weighted by atomic mass is 10.0. The van der Waals surface area contributed by atoms with Crippen LogP contribution in [0.4, 0.5) is 0 Å². The van der Waals surface area contributed by atoms with Crippen molar-refractivity contribution in [1.29, 1.82) is 0 Å². The smallest absolute Gasteiger partial charge is 0.341 e. The number of hydrogen-bond donors (Lipinski definition) is 1. The summed E-state index contributed by atoms with van der Waals surface area (Å²) in [6.07, 6.45) is 2.79. The van der Waals surface area contributed by atoms with E-state index in [-0.39, 0.29) is 5.56 Å².